The van der Waals surface area contributed by atoms with Crippen LogP contribution >= 0.6 is 23.5 Å². The second-order valence-electron chi connectivity index (χ2n) is 18.6. The summed E-state index contributed by atoms with van der Waals surface area (Å²) < 4.78 is 73.8. The van der Waals surface area contributed by atoms with Gasteiger partial charge in [-0.25, -0.2) is 18.7 Å². The van der Waals surface area contributed by atoms with Crippen molar-refractivity contribution in [3.05, 3.63) is 63.3 Å². The molecule has 20 nitrogen and oxygen atoms in total. The number of phosphoric ester groups is 1. The number of hydrogen-bond donors (Lipinski definition) is 7. The molecule has 7 aliphatic rings. The molecule has 66 heavy (non-hydrogen) atoms. The molecule has 9 unspecified atom stereocenters. The van der Waals surface area contributed by atoms with E-state index in [0.29, 0.717) is 24.0 Å². The summed E-state index contributed by atoms with van der Waals surface area (Å²) in [5.74, 6) is -5.37. The Morgan fingerprint density at radius 2 is 1.70 bits per heavy atom. The van der Waals surface area contributed by atoms with Crippen LogP contribution in [0.25, 0.3) is 11.8 Å². The first-order chi connectivity index (χ1) is 30.6. The highest BCUT2D eigenvalue weighted by molar-refractivity contribution is 7.66. The third kappa shape index (κ3) is 8.51. The van der Waals surface area contributed by atoms with Crippen LogP contribution in [0.3, 0.4) is 0 Å². The van der Waals surface area contributed by atoms with Gasteiger partial charge in [-0.3, -0.25) is 14.5 Å². The van der Waals surface area contributed by atoms with Gasteiger partial charge in [0.15, 0.2) is 22.7 Å². The van der Waals surface area contributed by atoms with Crippen molar-refractivity contribution >= 4 is 52.8 Å². The number of aliphatic hydroxyl groups is 1. The third-order valence-corrected chi connectivity index (χ3v) is 16.7. The van der Waals surface area contributed by atoms with Gasteiger partial charge in [-0.1, -0.05) is 29.4 Å². The van der Waals surface area contributed by atoms with E-state index < -0.39 is 87.0 Å². The number of phosphoric acid groups is 3. The summed E-state index contributed by atoms with van der Waals surface area (Å²) in [6, 6.07) is 2.22. The van der Waals surface area contributed by atoms with E-state index in [0.717, 1.165) is 11.1 Å². The molecule has 3 saturated carbocycles. The molecular formula is C43H55N4O16P3. The van der Waals surface area contributed by atoms with Crippen LogP contribution in [0.4, 0.5) is 0 Å². The molecule has 1 spiro atoms. The van der Waals surface area contributed by atoms with E-state index in [9.17, 15) is 48.4 Å². The van der Waals surface area contributed by atoms with Crippen LogP contribution in [0.15, 0.2) is 51.6 Å². The van der Waals surface area contributed by atoms with Crippen molar-refractivity contribution in [1.82, 2.24) is 5.32 Å². The van der Waals surface area contributed by atoms with Crippen molar-refractivity contribution in [1.29, 1.82) is 5.26 Å². The first kappa shape index (κ1) is 49.7. The van der Waals surface area contributed by atoms with E-state index in [2.05, 4.69) is 20.0 Å². The van der Waals surface area contributed by atoms with E-state index in [1.165, 1.54) is 0 Å². The Balaban J connectivity index is 1.58. The van der Waals surface area contributed by atoms with Crippen molar-refractivity contribution in [2.45, 2.75) is 110 Å². The lowest BCUT2D eigenvalue weighted by Gasteiger charge is -2.62. The molecule has 8 rings (SSSR count). The molecule has 1 aromatic rings. The number of hydrogen-bond acceptors (Lipinski definition) is 15. The average Bonchev–Trinajstić information content (AvgIpc) is 3.32. The summed E-state index contributed by atoms with van der Waals surface area (Å²) in [6.45, 7) is 14.3. The van der Waals surface area contributed by atoms with Gasteiger partial charge in [-0.05, 0) is 93.2 Å². The standard InChI is InChI=1S/C43H55N4O16P3/c1-22(2)10-9-15-41(8)16-14-26-34(58-41)25(12-11-23(3)4)35-31(36(26)60-65(54,55)63-66(56,57)62-64(51,52)53)33-32-30(28(21-44)38(45)47-33)27-20-29-40(6,7)61-42(37(27)49,43(29,32)59-35)17-13-24(5)39(50)46-18-19-48/h10-11,13-14,16,27-30,48H,9,12,15,17-20H2,1-8H3,(H2,45,47)(H,46,50)(H,54,55)(H,56,57)(H2,51,52,53). The number of nitriles is 1. The Hall–Kier alpha value is -4.21. The number of fused-ring (bicyclic) bond motifs is 3. The van der Waals surface area contributed by atoms with Crippen LogP contribution in [0.5, 0.6) is 17.2 Å². The Labute approximate surface area is 381 Å². The zero-order valence-electron chi connectivity index (χ0n) is 37.7. The number of nitrogens with one attached hydrogen (secondary N) is 1. The van der Waals surface area contributed by atoms with Gasteiger partial charge >= 0.3 is 23.5 Å². The summed E-state index contributed by atoms with van der Waals surface area (Å²) in [7, 11) is -17.8. The first-order valence-corrected chi connectivity index (χ1v) is 25.8. The maximum Gasteiger partial charge on any atom is 0.536 e. The number of amidine groups is 1. The molecule has 0 radical (unpaired) electrons. The fourth-order valence-corrected chi connectivity index (χ4v) is 13.5. The van der Waals surface area contributed by atoms with Crippen LogP contribution in [0, 0.1) is 35.0 Å². The lowest BCUT2D eigenvalue weighted by molar-refractivity contribution is -0.182. The average molecular weight is 977 g/mol. The highest BCUT2D eigenvalue weighted by Gasteiger charge is 2.84. The molecule has 4 fully saturated rings. The molecule has 3 aliphatic carbocycles. The van der Waals surface area contributed by atoms with Crippen molar-refractivity contribution in [2.24, 2.45) is 34.4 Å². The minimum atomic E-state index is -6.04. The highest BCUT2D eigenvalue weighted by Crippen LogP contribution is 2.75. The largest absolute Gasteiger partial charge is 0.536 e. The number of Topliss-reactive ketones (excluding diaryl/α,β-unsaturated/α-hetero) is 1. The topological polar surface area (TPSA) is 316 Å². The van der Waals surface area contributed by atoms with Crippen LogP contribution in [-0.4, -0.2) is 77.8 Å². The van der Waals surface area contributed by atoms with Gasteiger partial charge in [0.05, 0.1) is 35.1 Å². The summed E-state index contributed by atoms with van der Waals surface area (Å²) >= 11 is 0. The third-order valence-electron chi connectivity index (χ3n) is 13.0. The number of rotatable bonds is 16. The van der Waals surface area contributed by atoms with E-state index in [-0.39, 0.29) is 72.1 Å². The first-order valence-electron chi connectivity index (χ1n) is 21.3. The number of allylic oxidation sites excluding steroid dienone is 4. The van der Waals surface area contributed by atoms with Crippen molar-refractivity contribution in [2.75, 3.05) is 13.2 Å². The van der Waals surface area contributed by atoms with Gasteiger partial charge < -0.3 is 49.6 Å². The molecule has 4 heterocycles. The molecule has 358 valence electrons. The quantitative estimate of drug-likeness (QED) is 0.0568. The zero-order valence-corrected chi connectivity index (χ0v) is 40.4. The number of amides is 1. The number of carbonyl (C=O) groups is 2. The number of aliphatic imine (C=N–C) groups is 1. The highest BCUT2D eigenvalue weighted by atomic mass is 31.3. The fraction of sp³-hybridized carbons (Fsp3) is 0.535. The molecule has 23 heteroatoms. The molecule has 0 aromatic heterocycles. The molecular weight excluding hydrogens is 921 g/mol. The predicted octanol–water partition coefficient (Wildman–Crippen LogP) is 5.99. The van der Waals surface area contributed by atoms with Crippen LogP contribution < -0.4 is 25.0 Å². The maximum absolute atomic E-state index is 15.4. The van der Waals surface area contributed by atoms with Gasteiger partial charge in [0, 0.05) is 47.4 Å². The van der Waals surface area contributed by atoms with E-state index in [1.807, 2.05) is 60.6 Å². The Kier molecular flexibility index (Phi) is 12.9. The molecule has 1 saturated heterocycles. The van der Waals surface area contributed by atoms with E-state index in [4.69, 9.17) is 29.5 Å². The van der Waals surface area contributed by atoms with Gasteiger partial charge in [0.1, 0.15) is 28.9 Å². The monoisotopic (exact) mass is 976 g/mol. The normalized spacial score (nSPS) is 30.5. The Bertz CT molecular complexity index is 2670. The molecule has 9 atom stereocenters. The molecule has 4 aliphatic heterocycles. The minimum absolute atomic E-state index is 0.00582. The molecule has 8 N–H and O–H groups in total. The van der Waals surface area contributed by atoms with Gasteiger partial charge in [0.2, 0.25) is 5.91 Å². The fourth-order valence-electron chi connectivity index (χ4n) is 10.4. The number of ether oxygens (including phenoxy) is 3. The number of benzene rings is 1. The van der Waals surface area contributed by atoms with Crippen molar-refractivity contribution < 1.29 is 75.3 Å². The van der Waals surface area contributed by atoms with Crippen LogP contribution in [0.2, 0.25) is 0 Å². The predicted molar refractivity (Wildman–Crippen MR) is 238 cm³/mol. The van der Waals surface area contributed by atoms with Crippen molar-refractivity contribution in [3.63, 3.8) is 0 Å². The maximum atomic E-state index is 15.4. The summed E-state index contributed by atoms with van der Waals surface area (Å²) in [5.41, 5.74) is 3.48. The molecule has 4 bridgehead atoms. The number of ketones is 1. The Morgan fingerprint density at radius 1 is 1.02 bits per heavy atom. The zero-order chi connectivity index (χ0) is 48.7. The van der Waals surface area contributed by atoms with E-state index in [1.54, 1.807) is 25.2 Å². The van der Waals surface area contributed by atoms with Gasteiger partial charge in [-0.2, -0.15) is 13.9 Å². The van der Waals surface area contributed by atoms with Crippen LogP contribution in [0.1, 0.15) is 97.8 Å². The molecule has 1 aromatic carbocycles. The second kappa shape index (κ2) is 17.1. The number of nitrogens with zero attached hydrogens (tertiary/aromatic N) is 2. The minimum Gasteiger partial charge on any atom is -0.482 e. The van der Waals surface area contributed by atoms with Crippen molar-refractivity contribution in [3.8, 4) is 23.3 Å². The number of aliphatic hydroxyl groups excluding tert-OH is 1. The smallest absolute Gasteiger partial charge is 0.482 e. The van der Waals surface area contributed by atoms with Gasteiger partial charge in [0.25, 0.3) is 0 Å². The summed E-state index contributed by atoms with van der Waals surface area (Å²) in [4.78, 5) is 73.5. The SMILES string of the molecule is CC(C)=CCCC1(C)C=Cc2c(c(CC=C(C)C)c3c(c2OP(=O)(O)OP(=O)(O)OP(=O)(O)O)C2=C4C(C(C#N)C(N)=N2)C2CC5C(C)(C)OC(CC=C(C)C(=O)NCCO)(C2=O)C45O3)O1. The second-order valence-corrected chi connectivity index (χ2v) is 23.0. The summed E-state index contributed by atoms with van der Waals surface area (Å²) in [5, 5.41) is 22.7. The number of nitrogens with two attached hydrogens (primary N) is 1. The number of carbonyl (C=O) groups excluding carboxylic acids is 2. The Morgan fingerprint density at radius 3 is 2.32 bits per heavy atom. The lowest BCUT2D eigenvalue weighted by atomic mass is 9.44. The van der Waals surface area contributed by atoms with E-state index >= 15 is 4.79 Å². The van der Waals surface area contributed by atoms with Gasteiger partial charge in [-0.15, -0.1) is 0 Å². The lowest BCUT2D eigenvalue weighted by Crippen LogP contribution is -2.75. The van der Waals surface area contributed by atoms with Crippen LogP contribution in [-0.2, 0) is 43.1 Å². The molecule has 1 amide bonds. The summed E-state index contributed by atoms with van der Waals surface area (Å²) in [6.07, 6.45) is 9.81.